The van der Waals surface area contributed by atoms with Crippen molar-refractivity contribution in [2.24, 2.45) is 4.99 Å². The minimum Gasteiger partial charge on any atom is -0.388 e. The predicted molar refractivity (Wildman–Crippen MR) is 126 cm³/mol. The van der Waals surface area contributed by atoms with Crippen LogP contribution in [0.15, 0.2) is 114 Å². The van der Waals surface area contributed by atoms with E-state index in [1.807, 2.05) is 13.1 Å². The third kappa shape index (κ3) is 3.25. The zero-order chi connectivity index (χ0) is 20.3. The largest absolute Gasteiger partial charge is 0.388 e. The Morgan fingerprint density at radius 1 is 0.700 bits per heavy atom. The van der Waals surface area contributed by atoms with Crippen molar-refractivity contribution in [1.29, 1.82) is 0 Å². The number of fused-ring (bicyclic) bond motifs is 1. The second kappa shape index (κ2) is 7.88. The lowest BCUT2D eigenvalue weighted by molar-refractivity contribution is 0.825. The quantitative estimate of drug-likeness (QED) is 0.436. The van der Waals surface area contributed by atoms with Crippen LogP contribution in [-0.4, -0.2) is 12.9 Å². The van der Waals surface area contributed by atoms with Gasteiger partial charge in [-0.05, 0) is 35.9 Å². The fourth-order valence-corrected chi connectivity index (χ4v) is 4.06. The molecule has 0 aromatic heterocycles. The highest BCUT2D eigenvalue weighted by Gasteiger charge is 2.32. The lowest BCUT2D eigenvalue weighted by atomic mass is 9.92. The van der Waals surface area contributed by atoms with Crippen LogP contribution in [0, 0.1) is 0 Å². The molecule has 1 unspecified atom stereocenters. The van der Waals surface area contributed by atoms with Gasteiger partial charge in [-0.1, -0.05) is 78.9 Å². The van der Waals surface area contributed by atoms with Crippen molar-refractivity contribution < 1.29 is 0 Å². The molecule has 0 spiro atoms. The van der Waals surface area contributed by atoms with Crippen molar-refractivity contribution in [3.8, 4) is 0 Å². The zero-order valence-corrected chi connectivity index (χ0v) is 16.9. The van der Waals surface area contributed by atoms with Gasteiger partial charge in [0.05, 0.1) is 11.7 Å². The lowest BCUT2D eigenvalue weighted by Gasteiger charge is -2.39. The molecule has 0 bridgehead atoms. The lowest BCUT2D eigenvalue weighted by Crippen LogP contribution is -2.38. The Labute approximate surface area is 177 Å². The second-order valence-corrected chi connectivity index (χ2v) is 7.34. The number of aliphatic imine (C=N–C) groups is 1. The molecule has 146 valence electrons. The summed E-state index contributed by atoms with van der Waals surface area (Å²) in [6.07, 6.45) is 0. The number of para-hydroxylation sites is 2. The topological polar surface area (TPSA) is 27.6 Å². The maximum atomic E-state index is 5.11. The molecule has 4 aromatic carbocycles. The first-order chi connectivity index (χ1) is 14.8. The standard InChI is InChI=1S/C27H23N3/c1-28-22-18-16-20(17-19-22)26-24-14-8-9-15-25(24)29-27(21-10-4-2-5-11-21)30(26)23-12-6-3-7-13-23/h2-19,26,28H,1H3. The Bertz CT molecular complexity index is 1170. The van der Waals surface area contributed by atoms with Gasteiger partial charge in [-0.25, -0.2) is 4.99 Å². The van der Waals surface area contributed by atoms with E-state index in [9.17, 15) is 0 Å². The second-order valence-electron chi connectivity index (χ2n) is 7.34. The molecule has 1 aliphatic rings. The number of benzene rings is 4. The molecule has 4 aromatic rings. The Morgan fingerprint density at radius 2 is 1.33 bits per heavy atom. The SMILES string of the molecule is CNc1ccc(C2c3ccccc3N=C(c3ccccc3)N2c2ccccc2)cc1. The predicted octanol–water partition coefficient (Wildman–Crippen LogP) is 6.42. The van der Waals surface area contributed by atoms with Crippen LogP contribution in [0.1, 0.15) is 22.7 Å². The summed E-state index contributed by atoms with van der Waals surface area (Å²) in [7, 11) is 1.95. The molecule has 0 saturated carbocycles. The summed E-state index contributed by atoms with van der Waals surface area (Å²) < 4.78 is 0. The summed E-state index contributed by atoms with van der Waals surface area (Å²) in [5.74, 6) is 0.961. The van der Waals surface area contributed by atoms with Crippen LogP contribution in [0.2, 0.25) is 0 Å². The van der Waals surface area contributed by atoms with Gasteiger partial charge in [0.15, 0.2) is 0 Å². The molecule has 30 heavy (non-hydrogen) atoms. The van der Waals surface area contributed by atoms with Gasteiger partial charge in [0.25, 0.3) is 0 Å². The summed E-state index contributed by atoms with van der Waals surface area (Å²) in [6.45, 7) is 0. The van der Waals surface area contributed by atoms with E-state index in [2.05, 4.69) is 113 Å². The Morgan fingerprint density at radius 3 is 2.03 bits per heavy atom. The average Bonchev–Trinajstić information content (AvgIpc) is 2.84. The molecule has 1 N–H and O–H groups in total. The smallest absolute Gasteiger partial charge is 0.141 e. The monoisotopic (exact) mass is 389 g/mol. The molecule has 0 fully saturated rings. The molecular weight excluding hydrogens is 366 g/mol. The van der Waals surface area contributed by atoms with Crippen LogP contribution in [-0.2, 0) is 0 Å². The van der Waals surface area contributed by atoms with E-state index in [-0.39, 0.29) is 6.04 Å². The van der Waals surface area contributed by atoms with Gasteiger partial charge < -0.3 is 10.2 Å². The molecule has 0 radical (unpaired) electrons. The van der Waals surface area contributed by atoms with E-state index in [1.54, 1.807) is 0 Å². The van der Waals surface area contributed by atoms with Crippen molar-refractivity contribution in [1.82, 2.24) is 0 Å². The molecule has 5 rings (SSSR count). The Kier molecular flexibility index (Phi) is 4.78. The highest BCUT2D eigenvalue weighted by Crippen LogP contribution is 2.42. The van der Waals surface area contributed by atoms with Gasteiger partial charge >= 0.3 is 0 Å². The minimum absolute atomic E-state index is 0.0298. The Balaban J connectivity index is 1.76. The van der Waals surface area contributed by atoms with Crippen LogP contribution in [0.3, 0.4) is 0 Å². The van der Waals surface area contributed by atoms with Crippen molar-refractivity contribution >= 4 is 22.9 Å². The molecule has 1 aliphatic heterocycles. The maximum absolute atomic E-state index is 5.11. The zero-order valence-electron chi connectivity index (χ0n) is 16.9. The third-order valence-electron chi connectivity index (χ3n) is 5.53. The van der Waals surface area contributed by atoms with Crippen molar-refractivity contribution in [2.75, 3.05) is 17.3 Å². The van der Waals surface area contributed by atoms with E-state index in [1.165, 1.54) is 11.1 Å². The van der Waals surface area contributed by atoms with Gasteiger partial charge in [0.1, 0.15) is 5.84 Å². The highest BCUT2D eigenvalue weighted by atomic mass is 15.2. The summed E-state index contributed by atoms with van der Waals surface area (Å²) in [4.78, 5) is 7.47. The normalized spacial score (nSPS) is 15.3. The van der Waals surface area contributed by atoms with E-state index in [0.717, 1.165) is 28.5 Å². The van der Waals surface area contributed by atoms with Crippen LogP contribution >= 0.6 is 0 Å². The van der Waals surface area contributed by atoms with Crippen molar-refractivity contribution in [3.63, 3.8) is 0 Å². The summed E-state index contributed by atoms with van der Waals surface area (Å²) >= 11 is 0. The highest BCUT2D eigenvalue weighted by molar-refractivity contribution is 6.13. The number of amidine groups is 1. The Hall–Kier alpha value is -3.85. The molecule has 0 saturated heterocycles. The third-order valence-corrected chi connectivity index (χ3v) is 5.53. The maximum Gasteiger partial charge on any atom is 0.141 e. The number of hydrogen-bond acceptors (Lipinski definition) is 3. The fourth-order valence-electron chi connectivity index (χ4n) is 4.06. The van der Waals surface area contributed by atoms with Gasteiger partial charge in [0.2, 0.25) is 0 Å². The number of nitrogens with one attached hydrogen (secondary N) is 1. The van der Waals surface area contributed by atoms with E-state index >= 15 is 0 Å². The summed E-state index contributed by atoms with van der Waals surface area (Å²) in [5, 5.41) is 3.22. The van der Waals surface area contributed by atoms with Crippen LogP contribution in [0.5, 0.6) is 0 Å². The van der Waals surface area contributed by atoms with Gasteiger partial charge in [-0.15, -0.1) is 0 Å². The van der Waals surface area contributed by atoms with Crippen LogP contribution in [0.4, 0.5) is 17.1 Å². The molecular formula is C27H23N3. The first kappa shape index (κ1) is 18.2. The number of anilines is 2. The molecule has 3 nitrogen and oxygen atoms in total. The first-order valence-electron chi connectivity index (χ1n) is 10.2. The van der Waals surface area contributed by atoms with Crippen molar-refractivity contribution in [2.45, 2.75) is 6.04 Å². The molecule has 1 atom stereocenters. The van der Waals surface area contributed by atoms with Crippen LogP contribution in [0.25, 0.3) is 0 Å². The number of rotatable bonds is 4. The minimum atomic E-state index is 0.0298. The molecule has 0 amide bonds. The molecule has 3 heteroatoms. The first-order valence-corrected chi connectivity index (χ1v) is 10.2. The summed E-state index contributed by atoms with van der Waals surface area (Å²) in [6, 6.07) is 38.1. The number of hydrogen-bond donors (Lipinski definition) is 1. The van der Waals surface area contributed by atoms with Gasteiger partial charge in [0, 0.05) is 29.5 Å². The van der Waals surface area contributed by atoms with Crippen LogP contribution < -0.4 is 10.2 Å². The van der Waals surface area contributed by atoms with E-state index < -0.39 is 0 Å². The fraction of sp³-hybridized carbons (Fsp3) is 0.0741. The summed E-state index contributed by atoms with van der Waals surface area (Å²) in [5.41, 5.74) is 6.79. The van der Waals surface area contributed by atoms with E-state index in [0.29, 0.717) is 0 Å². The molecule has 0 aliphatic carbocycles. The van der Waals surface area contributed by atoms with Gasteiger partial charge in [-0.3, -0.25) is 0 Å². The van der Waals surface area contributed by atoms with Crippen molar-refractivity contribution in [3.05, 3.63) is 126 Å². The van der Waals surface area contributed by atoms with Gasteiger partial charge in [-0.2, -0.15) is 0 Å². The van der Waals surface area contributed by atoms with E-state index in [4.69, 9.17) is 4.99 Å². The number of nitrogens with zero attached hydrogens (tertiary/aromatic N) is 2. The molecule has 1 heterocycles. The average molecular weight is 390 g/mol.